The molecule has 1 aromatic carbocycles. The summed E-state index contributed by atoms with van der Waals surface area (Å²) in [5.41, 5.74) is 4.19. The molecule has 0 atom stereocenters. The topological polar surface area (TPSA) is 27.7 Å². The highest BCUT2D eigenvalue weighted by atomic mass is 28.4. The van der Waals surface area contributed by atoms with E-state index in [0.717, 1.165) is 12.5 Å². The van der Waals surface area contributed by atoms with E-state index < -0.39 is 8.80 Å². The van der Waals surface area contributed by atoms with Crippen molar-refractivity contribution in [3.05, 3.63) is 65.3 Å². The molecule has 0 radical (unpaired) electrons. The molecule has 0 bridgehead atoms. The minimum Gasteiger partial charge on any atom is -0.374 e. The molecule has 0 spiro atoms. The van der Waals surface area contributed by atoms with Gasteiger partial charge in [-0.1, -0.05) is 60.2 Å². The van der Waals surface area contributed by atoms with Crippen molar-refractivity contribution in [1.29, 1.82) is 0 Å². The van der Waals surface area contributed by atoms with Gasteiger partial charge in [-0.2, -0.15) is 0 Å². The van der Waals surface area contributed by atoms with Crippen LogP contribution in [-0.2, 0) is 13.3 Å². The van der Waals surface area contributed by atoms with Crippen LogP contribution in [-0.4, -0.2) is 28.6 Å². The molecule has 0 N–H and O–H groups in total. The molecule has 0 amide bonds. The fourth-order valence-electron chi connectivity index (χ4n) is 2.95. The molecular formula is C22H32O3Si. The van der Waals surface area contributed by atoms with Crippen molar-refractivity contribution in [2.75, 3.05) is 19.8 Å². The van der Waals surface area contributed by atoms with Crippen LogP contribution in [0.5, 0.6) is 0 Å². The Bertz CT molecular complexity index is 597. The molecule has 1 aromatic rings. The normalized spacial score (nSPS) is 14.5. The van der Waals surface area contributed by atoms with Gasteiger partial charge in [-0.3, -0.25) is 0 Å². The number of hydrogen-bond donors (Lipinski definition) is 0. The maximum atomic E-state index is 5.98. The van der Waals surface area contributed by atoms with Crippen molar-refractivity contribution in [2.45, 2.75) is 46.1 Å². The van der Waals surface area contributed by atoms with Gasteiger partial charge in [0.2, 0.25) is 0 Å². The van der Waals surface area contributed by atoms with Crippen molar-refractivity contribution < 1.29 is 13.3 Å². The zero-order valence-corrected chi connectivity index (χ0v) is 17.4. The quantitative estimate of drug-likeness (QED) is 0.343. The Morgan fingerprint density at radius 3 is 2.08 bits per heavy atom. The van der Waals surface area contributed by atoms with E-state index in [1.807, 2.05) is 26.8 Å². The van der Waals surface area contributed by atoms with Crippen LogP contribution in [0.3, 0.4) is 0 Å². The molecule has 2 rings (SSSR count). The van der Waals surface area contributed by atoms with Gasteiger partial charge >= 0.3 is 8.80 Å². The lowest BCUT2D eigenvalue weighted by Crippen LogP contribution is -2.45. The van der Waals surface area contributed by atoms with Crippen LogP contribution in [0.15, 0.2) is 59.7 Å². The van der Waals surface area contributed by atoms with Crippen molar-refractivity contribution in [3.63, 3.8) is 0 Å². The van der Waals surface area contributed by atoms with E-state index in [4.69, 9.17) is 13.3 Å². The largest absolute Gasteiger partial charge is 0.501 e. The van der Waals surface area contributed by atoms with Crippen LogP contribution in [0, 0.1) is 0 Å². The minimum absolute atomic E-state index is 0.633. The van der Waals surface area contributed by atoms with Gasteiger partial charge < -0.3 is 13.3 Å². The Hall–Kier alpha value is -1.46. The third kappa shape index (κ3) is 7.04. The third-order valence-electron chi connectivity index (χ3n) is 4.24. The average molecular weight is 373 g/mol. The molecule has 0 unspecified atom stereocenters. The Labute approximate surface area is 159 Å². The summed E-state index contributed by atoms with van der Waals surface area (Å²) in [5.74, 6) is 0. The molecule has 142 valence electrons. The van der Waals surface area contributed by atoms with Crippen molar-refractivity contribution >= 4 is 14.9 Å². The first kappa shape index (κ1) is 20.8. The van der Waals surface area contributed by atoms with Gasteiger partial charge in [0.25, 0.3) is 0 Å². The Morgan fingerprint density at radius 1 is 0.923 bits per heavy atom. The molecule has 1 saturated carbocycles. The molecule has 0 saturated heterocycles. The van der Waals surface area contributed by atoms with Gasteiger partial charge in [-0.15, -0.1) is 0 Å². The highest BCUT2D eigenvalue weighted by molar-refractivity contribution is 6.60. The number of allylic oxidation sites excluding steroid dienone is 5. The summed E-state index contributed by atoms with van der Waals surface area (Å²) in [4.78, 5) is 0. The summed E-state index contributed by atoms with van der Waals surface area (Å²) in [6, 6.07) is 11.2. The third-order valence-corrected chi connectivity index (χ3v) is 7.29. The highest BCUT2D eigenvalue weighted by Crippen LogP contribution is 2.35. The second-order valence-electron chi connectivity index (χ2n) is 6.24. The van der Waals surface area contributed by atoms with Gasteiger partial charge in [0, 0.05) is 25.9 Å². The summed E-state index contributed by atoms with van der Waals surface area (Å²) < 4.78 is 17.9. The van der Waals surface area contributed by atoms with Crippen molar-refractivity contribution in [2.24, 2.45) is 0 Å². The van der Waals surface area contributed by atoms with Crippen molar-refractivity contribution in [1.82, 2.24) is 0 Å². The molecule has 1 aliphatic carbocycles. The van der Waals surface area contributed by atoms with Crippen LogP contribution in [0.2, 0.25) is 6.04 Å². The maximum Gasteiger partial charge on any atom is 0.501 e. The van der Waals surface area contributed by atoms with E-state index in [1.165, 1.54) is 24.0 Å². The van der Waals surface area contributed by atoms with Crippen LogP contribution in [0.25, 0.3) is 6.08 Å². The Balaban J connectivity index is 1.98. The first-order valence-electron chi connectivity index (χ1n) is 9.75. The van der Waals surface area contributed by atoms with E-state index >= 15 is 0 Å². The lowest BCUT2D eigenvalue weighted by molar-refractivity contribution is 0.0714. The number of rotatable bonds is 12. The lowest BCUT2D eigenvalue weighted by atomic mass is 10.1. The Kier molecular flexibility index (Phi) is 9.05. The predicted molar refractivity (Wildman–Crippen MR) is 111 cm³/mol. The second kappa shape index (κ2) is 11.3. The molecule has 0 aromatic heterocycles. The van der Waals surface area contributed by atoms with Crippen molar-refractivity contribution in [3.8, 4) is 0 Å². The molecule has 3 nitrogen and oxygen atoms in total. The highest BCUT2D eigenvalue weighted by Gasteiger charge is 2.40. The molecule has 26 heavy (non-hydrogen) atoms. The first-order chi connectivity index (χ1) is 12.7. The summed E-state index contributed by atoms with van der Waals surface area (Å²) in [6.45, 7) is 7.92. The number of benzene rings is 1. The minimum atomic E-state index is -2.56. The first-order valence-corrected chi connectivity index (χ1v) is 11.7. The van der Waals surface area contributed by atoms with Crippen LogP contribution in [0.1, 0.15) is 45.6 Å². The fourth-order valence-corrected chi connectivity index (χ4v) is 5.53. The maximum absolute atomic E-state index is 5.98. The fraction of sp³-hybridized carbons (Fsp3) is 0.455. The van der Waals surface area contributed by atoms with Crippen LogP contribution in [0.4, 0.5) is 0 Å². The van der Waals surface area contributed by atoms with Gasteiger partial charge in [0.15, 0.2) is 0 Å². The monoisotopic (exact) mass is 372 g/mol. The lowest BCUT2D eigenvalue weighted by Gasteiger charge is -2.28. The van der Waals surface area contributed by atoms with Crippen LogP contribution < -0.4 is 0 Å². The van der Waals surface area contributed by atoms with Crippen LogP contribution >= 0.6 is 0 Å². The zero-order chi connectivity index (χ0) is 18.7. The average Bonchev–Trinajstić information content (AvgIpc) is 3.48. The molecule has 0 aliphatic heterocycles. The zero-order valence-electron chi connectivity index (χ0n) is 16.4. The second-order valence-corrected chi connectivity index (χ2v) is 8.97. The van der Waals surface area contributed by atoms with E-state index in [9.17, 15) is 0 Å². The van der Waals surface area contributed by atoms with E-state index in [1.54, 1.807) is 5.57 Å². The molecular weight excluding hydrogens is 340 g/mol. The Morgan fingerprint density at radius 2 is 1.54 bits per heavy atom. The summed E-state index contributed by atoms with van der Waals surface area (Å²) in [5, 5.41) is 0. The summed E-state index contributed by atoms with van der Waals surface area (Å²) in [6.07, 6.45) is 12.0. The predicted octanol–water partition coefficient (Wildman–Crippen LogP) is 5.78. The van der Waals surface area contributed by atoms with E-state index in [-0.39, 0.29) is 0 Å². The van der Waals surface area contributed by atoms with Gasteiger partial charge in [0.05, 0.1) is 0 Å². The molecule has 1 aliphatic rings. The van der Waals surface area contributed by atoms with E-state index in [2.05, 4.69) is 48.6 Å². The van der Waals surface area contributed by atoms with Gasteiger partial charge in [-0.25, -0.2) is 0 Å². The SMILES string of the molecule is CCO[Si](CCC(C=CC=Cc1ccccc1)=C1CC1)(OCC)OCC. The molecule has 1 fully saturated rings. The van der Waals surface area contributed by atoms with E-state index in [0.29, 0.717) is 19.8 Å². The smallest absolute Gasteiger partial charge is 0.374 e. The van der Waals surface area contributed by atoms with Gasteiger partial charge in [0.1, 0.15) is 0 Å². The summed E-state index contributed by atoms with van der Waals surface area (Å²) in [7, 11) is -2.56. The standard InChI is InChI=1S/C22H32O3Si/c1-4-23-26(24-5-2,25-6-3)19-18-21(22-16-17-22)15-11-10-14-20-12-8-7-9-13-20/h7-15H,4-6,16-19H2,1-3H3. The molecule has 4 heteroatoms. The number of hydrogen-bond acceptors (Lipinski definition) is 3. The van der Waals surface area contributed by atoms with Gasteiger partial charge in [-0.05, 0) is 51.2 Å². The molecule has 0 heterocycles. The summed E-state index contributed by atoms with van der Waals surface area (Å²) >= 11 is 0.